The Balaban J connectivity index is 1.82. The number of anilines is 1. The molecule has 4 aromatic carbocycles. The van der Waals surface area contributed by atoms with Gasteiger partial charge in [0.1, 0.15) is 12.6 Å². The van der Waals surface area contributed by atoms with Gasteiger partial charge in [-0.2, -0.15) is 0 Å². The highest BCUT2D eigenvalue weighted by molar-refractivity contribution is 9.10. The molecule has 0 heterocycles. The smallest absolute Gasteiger partial charge is 0.264 e. The summed E-state index contributed by atoms with van der Waals surface area (Å²) in [6.45, 7) is 9.54. The minimum Gasteiger partial charge on any atom is -0.352 e. The fourth-order valence-corrected chi connectivity index (χ4v) is 7.08. The zero-order valence-electron chi connectivity index (χ0n) is 27.7. The van der Waals surface area contributed by atoms with Crippen molar-refractivity contribution >= 4 is 43.5 Å². The second kappa shape index (κ2) is 16.2. The van der Waals surface area contributed by atoms with E-state index in [2.05, 4.69) is 35.1 Å². The van der Waals surface area contributed by atoms with Gasteiger partial charge in [0.25, 0.3) is 10.0 Å². The van der Waals surface area contributed by atoms with Gasteiger partial charge in [-0.05, 0) is 79.3 Å². The lowest BCUT2D eigenvalue weighted by Crippen LogP contribution is -2.54. The number of nitrogens with zero attached hydrogens (tertiary/aromatic N) is 2. The Morgan fingerprint density at radius 3 is 2.06 bits per heavy atom. The number of carbonyl (C=O) groups is 2. The highest BCUT2D eigenvalue weighted by Gasteiger charge is 2.35. The first kappa shape index (κ1) is 35.9. The number of nitrogens with one attached hydrogen (secondary N) is 1. The minimum absolute atomic E-state index is 0.0812. The number of hydrogen-bond acceptors (Lipinski definition) is 4. The first-order valence-corrected chi connectivity index (χ1v) is 18.2. The Morgan fingerprint density at radius 1 is 0.830 bits per heavy atom. The van der Waals surface area contributed by atoms with Crippen molar-refractivity contribution in [3.63, 3.8) is 0 Å². The molecule has 0 saturated carbocycles. The number of sulfonamides is 1. The van der Waals surface area contributed by atoms with E-state index in [0.29, 0.717) is 5.69 Å². The fraction of sp³-hybridized carbons (Fsp3) is 0.316. The van der Waals surface area contributed by atoms with Crippen molar-refractivity contribution in [3.8, 4) is 0 Å². The van der Waals surface area contributed by atoms with Crippen molar-refractivity contribution in [2.45, 2.75) is 76.9 Å². The van der Waals surface area contributed by atoms with Crippen LogP contribution in [0, 0.1) is 6.92 Å². The van der Waals surface area contributed by atoms with Gasteiger partial charge in [-0.1, -0.05) is 109 Å². The molecule has 0 aromatic heterocycles. The lowest BCUT2D eigenvalue weighted by molar-refractivity contribution is -0.140. The summed E-state index contributed by atoms with van der Waals surface area (Å²) < 4.78 is 30.5. The number of rotatable bonds is 14. The summed E-state index contributed by atoms with van der Waals surface area (Å²) >= 11 is 3.52. The molecule has 0 radical (unpaired) electrons. The number of benzene rings is 4. The third-order valence-electron chi connectivity index (χ3n) is 8.25. The van der Waals surface area contributed by atoms with Crippen molar-refractivity contribution in [1.82, 2.24) is 10.2 Å². The molecule has 0 bridgehead atoms. The van der Waals surface area contributed by atoms with Gasteiger partial charge in [-0.25, -0.2) is 8.42 Å². The number of amides is 2. The van der Waals surface area contributed by atoms with Gasteiger partial charge < -0.3 is 10.2 Å². The second-order valence-corrected chi connectivity index (χ2v) is 15.0. The van der Waals surface area contributed by atoms with Crippen LogP contribution in [0.25, 0.3) is 0 Å². The summed E-state index contributed by atoms with van der Waals surface area (Å²) in [4.78, 5) is 30.2. The van der Waals surface area contributed by atoms with Crippen LogP contribution in [0.5, 0.6) is 0 Å². The quantitative estimate of drug-likeness (QED) is 0.145. The largest absolute Gasteiger partial charge is 0.352 e. The summed E-state index contributed by atoms with van der Waals surface area (Å²) in [5.74, 6) is -0.536. The van der Waals surface area contributed by atoms with Crippen molar-refractivity contribution in [2.75, 3.05) is 10.8 Å². The third-order valence-corrected chi connectivity index (χ3v) is 10.5. The van der Waals surface area contributed by atoms with Crippen LogP contribution in [0.15, 0.2) is 112 Å². The topological polar surface area (TPSA) is 86.8 Å². The van der Waals surface area contributed by atoms with E-state index in [0.717, 1.165) is 37.5 Å². The number of hydrogen-bond donors (Lipinski definition) is 1. The lowest BCUT2D eigenvalue weighted by atomic mass is 10.0. The standard InChI is InChI=1S/C38H44BrN3O4S/c1-6-29(5)40-38(44)36(24-30-11-8-7-9-12-30)41(25-31-13-10-14-33(39)23-31)37(43)26-42(34-19-17-32(18-20-34)27(2)3)47(45,46)35-21-15-28(4)16-22-35/h7-23,27,29,36H,6,24-26H2,1-5H3,(H,40,44). The predicted molar refractivity (Wildman–Crippen MR) is 193 cm³/mol. The monoisotopic (exact) mass is 717 g/mol. The third kappa shape index (κ3) is 9.55. The van der Waals surface area contributed by atoms with Crippen LogP contribution in [0.4, 0.5) is 5.69 Å². The van der Waals surface area contributed by atoms with E-state index in [1.807, 2.05) is 87.5 Å². The molecule has 0 aliphatic heterocycles. The number of aryl methyl sites for hydroxylation is 1. The van der Waals surface area contributed by atoms with Crippen LogP contribution in [-0.4, -0.2) is 43.8 Å². The molecular formula is C38H44BrN3O4S. The first-order chi connectivity index (χ1) is 22.4. The molecular weight excluding hydrogens is 674 g/mol. The van der Waals surface area contributed by atoms with Gasteiger partial charge in [-0.15, -0.1) is 0 Å². The van der Waals surface area contributed by atoms with Crippen LogP contribution in [0.2, 0.25) is 0 Å². The summed E-state index contributed by atoms with van der Waals surface area (Å²) in [6, 6.07) is 30.0. The van der Waals surface area contributed by atoms with Gasteiger partial charge >= 0.3 is 0 Å². The molecule has 1 N–H and O–H groups in total. The van der Waals surface area contributed by atoms with Crippen LogP contribution in [0.3, 0.4) is 0 Å². The minimum atomic E-state index is -4.16. The summed E-state index contributed by atoms with van der Waals surface area (Å²) in [6.07, 6.45) is 0.981. The van der Waals surface area contributed by atoms with E-state index < -0.39 is 28.5 Å². The second-order valence-electron chi connectivity index (χ2n) is 12.2. The Kier molecular flexibility index (Phi) is 12.4. The van der Waals surface area contributed by atoms with Crippen LogP contribution < -0.4 is 9.62 Å². The molecule has 9 heteroatoms. The van der Waals surface area contributed by atoms with E-state index in [1.54, 1.807) is 36.4 Å². The fourth-order valence-electron chi connectivity index (χ4n) is 5.22. The first-order valence-electron chi connectivity index (χ1n) is 16.0. The van der Waals surface area contributed by atoms with Gasteiger partial charge in [0.2, 0.25) is 11.8 Å². The van der Waals surface area contributed by atoms with Crippen molar-refractivity contribution in [3.05, 3.63) is 130 Å². The molecule has 7 nitrogen and oxygen atoms in total. The average molecular weight is 719 g/mol. The molecule has 2 atom stereocenters. The van der Waals surface area contributed by atoms with Crippen molar-refractivity contribution in [1.29, 1.82) is 0 Å². The van der Waals surface area contributed by atoms with Crippen molar-refractivity contribution < 1.29 is 18.0 Å². The maximum absolute atomic E-state index is 14.6. The highest BCUT2D eigenvalue weighted by Crippen LogP contribution is 2.27. The van der Waals surface area contributed by atoms with Crippen molar-refractivity contribution in [2.24, 2.45) is 0 Å². The summed E-state index contributed by atoms with van der Waals surface area (Å²) in [5, 5.41) is 3.07. The maximum atomic E-state index is 14.6. The van der Waals surface area contributed by atoms with E-state index in [9.17, 15) is 18.0 Å². The summed E-state index contributed by atoms with van der Waals surface area (Å²) in [5.41, 5.74) is 4.03. The average Bonchev–Trinajstić information content (AvgIpc) is 3.05. The highest BCUT2D eigenvalue weighted by atomic mass is 79.9. The Morgan fingerprint density at radius 2 is 1.47 bits per heavy atom. The van der Waals surface area contributed by atoms with E-state index in [-0.39, 0.29) is 35.7 Å². The Hall–Kier alpha value is -3.95. The number of carbonyl (C=O) groups excluding carboxylic acids is 2. The van der Waals surface area contributed by atoms with Crippen LogP contribution in [-0.2, 0) is 32.6 Å². The Labute approximate surface area is 288 Å². The maximum Gasteiger partial charge on any atom is 0.264 e. The molecule has 2 amide bonds. The molecule has 2 unspecified atom stereocenters. The zero-order chi connectivity index (χ0) is 34.1. The normalized spacial score (nSPS) is 12.7. The zero-order valence-corrected chi connectivity index (χ0v) is 30.1. The van der Waals surface area contributed by atoms with Gasteiger partial charge in [0, 0.05) is 23.5 Å². The molecule has 0 saturated heterocycles. The SMILES string of the molecule is CCC(C)NC(=O)C(Cc1ccccc1)N(Cc1cccc(Br)c1)C(=O)CN(c1ccc(C(C)C)cc1)S(=O)(=O)c1ccc(C)cc1. The van der Waals surface area contributed by atoms with Gasteiger partial charge in [-0.3, -0.25) is 13.9 Å². The molecule has 47 heavy (non-hydrogen) atoms. The molecule has 0 spiro atoms. The lowest BCUT2D eigenvalue weighted by Gasteiger charge is -2.34. The van der Waals surface area contributed by atoms with Crippen LogP contribution in [0.1, 0.15) is 62.3 Å². The molecule has 0 fully saturated rings. The van der Waals surface area contributed by atoms with Crippen LogP contribution >= 0.6 is 15.9 Å². The van der Waals surface area contributed by atoms with E-state index >= 15 is 0 Å². The van der Waals surface area contributed by atoms with E-state index in [4.69, 9.17) is 0 Å². The molecule has 4 rings (SSSR count). The molecule has 0 aliphatic carbocycles. The molecule has 4 aromatic rings. The predicted octanol–water partition coefficient (Wildman–Crippen LogP) is 7.63. The molecule has 248 valence electrons. The van der Waals surface area contributed by atoms with Gasteiger partial charge in [0.05, 0.1) is 10.6 Å². The number of halogens is 1. The molecule has 0 aliphatic rings. The van der Waals surface area contributed by atoms with Gasteiger partial charge in [0.15, 0.2) is 0 Å². The van der Waals surface area contributed by atoms with E-state index in [1.165, 1.54) is 4.90 Å². The Bertz CT molecular complexity index is 1740. The summed E-state index contributed by atoms with van der Waals surface area (Å²) in [7, 11) is -4.16.